The van der Waals surface area contributed by atoms with Crippen molar-refractivity contribution in [3.8, 4) is 0 Å². The van der Waals surface area contributed by atoms with Crippen LogP contribution in [0.3, 0.4) is 0 Å². The van der Waals surface area contributed by atoms with Gasteiger partial charge in [-0.05, 0) is 37.2 Å². The van der Waals surface area contributed by atoms with Gasteiger partial charge in [0.2, 0.25) is 0 Å². The number of nitrogens with one attached hydrogen (secondary N) is 2. The number of amides is 2. The summed E-state index contributed by atoms with van der Waals surface area (Å²) in [6.07, 6.45) is 4.64. The molecule has 3 rings (SSSR count). The van der Waals surface area contributed by atoms with E-state index in [9.17, 15) is 4.79 Å². The van der Waals surface area contributed by atoms with E-state index >= 15 is 0 Å². The molecule has 1 heterocycles. The van der Waals surface area contributed by atoms with Crippen molar-refractivity contribution in [3.05, 3.63) is 35.9 Å². The molecule has 0 unspecified atom stereocenters. The highest BCUT2D eigenvalue weighted by atomic mass is 16.8. The maximum atomic E-state index is 11.7. The molecule has 5 heteroatoms. The molecule has 1 aromatic rings. The standard InChI is InChI=1S/C16H22N2O3/c19-16(18-21-15-8-4-5-9-20-15)17-14-10-13(11-14)12-6-2-1-3-7-12/h1-3,6-7,13-15H,4-5,8-11H2,(H2,17,18,19)/t13?,14?,15-/m1/s1. The molecule has 1 aliphatic carbocycles. The average Bonchev–Trinajstić information content (AvgIpc) is 2.50. The summed E-state index contributed by atoms with van der Waals surface area (Å²) in [6, 6.07) is 10.4. The van der Waals surface area contributed by atoms with Crippen molar-refractivity contribution in [2.45, 2.75) is 50.4 Å². The van der Waals surface area contributed by atoms with Gasteiger partial charge >= 0.3 is 6.03 Å². The fraction of sp³-hybridized carbons (Fsp3) is 0.562. The second kappa shape index (κ2) is 6.91. The maximum Gasteiger partial charge on any atom is 0.339 e. The first kappa shape index (κ1) is 14.4. The minimum atomic E-state index is -0.303. The molecule has 1 aliphatic heterocycles. The molecular weight excluding hydrogens is 268 g/mol. The zero-order valence-corrected chi connectivity index (χ0v) is 12.1. The molecule has 2 amide bonds. The minimum absolute atomic E-state index is 0.228. The highest BCUT2D eigenvalue weighted by Crippen LogP contribution is 2.36. The number of hydrogen-bond acceptors (Lipinski definition) is 3. The first-order valence-corrected chi connectivity index (χ1v) is 7.70. The molecule has 1 saturated heterocycles. The van der Waals surface area contributed by atoms with Gasteiger partial charge in [0.05, 0.1) is 0 Å². The van der Waals surface area contributed by atoms with Crippen LogP contribution in [-0.2, 0) is 9.57 Å². The Morgan fingerprint density at radius 1 is 1.19 bits per heavy atom. The minimum Gasteiger partial charge on any atom is -0.350 e. The van der Waals surface area contributed by atoms with Crippen LogP contribution in [0, 0.1) is 0 Å². The van der Waals surface area contributed by atoms with Crippen LogP contribution in [0.1, 0.15) is 43.6 Å². The fourth-order valence-corrected chi connectivity index (χ4v) is 2.87. The van der Waals surface area contributed by atoms with Crippen molar-refractivity contribution in [1.82, 2.24) is 10.8 Å². The number of urea groups is 1. The van der Waals surface area contributed by atoms with Crippen LogP contribution < -0.4 is 10.8 Å². The Bertz CT molecular complexity index is 454. The van der Waals surface area contributed by atoms with Crippen LogP contribution in [0.15, 0.2) is 30.3 Å². The van der Waals surface area contributed by atoms with Gasteiger partial charge in [-0.3, -0.25) is 0 Å². The monoisotopic (exact) mass is 290 g/mol. The molecule has 1 saturated carbocycles. The van der Waals surface area contributed by atoms with E-state index in [1.807, 2.05) is 6.07 Å². The number of hydroxylamine groups is 1. The second-order valence-corrected chi connectivity index (χ2v) is 5.77. The summed E-state index contributed by atoms with van der Waals surface area (Å²) in [6.45, 7) is 0.704. The molecule has 114 valence electrons. The van der Waals surface area contributed by atoms with E-state index in [1.165, 1.54) is 5.56 Å². The highest BCUT2D eigenvalue weighted by molar-refractivity contribution is 5.73. The first-order chi connectivity index (χ1) is 10.3. The predicted octanol–water partition coefficient (Wildman–Crippen LogP) is 2.69. The third-order valence-electron chi connectivity index (χ3n) is 4.17. The lowest BCUT2D eigenvalue weighted by Gasteiger charge is -2.36. The van der Waals surface area contributed by atoms with E-state index in [0.717, 1.165) is 32.1 Å². The van der Waals surface area contributed by atoms with Gasteiger partial charge in [0, 0.05) is 19.1 Å². The second-order valence-electron chi connectivity index (χ2n) is 5.77. The van der Waals surface area contributed by atoms with E-state index in [4.69, 9.17) is 9.57 Å². The third-order valence-corrected chi connectivity index (χ3v) is 4.17. The summed E-state index contributed by atoms with van der Waals surface area (Å²) in [5.41, 5.74) is 3.78. The zero-order chi connectivity index (χ0) is 14.5. The molecule has 21 heavy (non-hydrogen) atoms. The molecule has 2 N–H and O–H groups in total. The number of hydrogen-bond donors (Lipinski definition) is 2. The molecule has 2 aliphatic rings. The molecule has 1 atom stereocenters. The summed E-state index contributed by atoms with van der Waals surface area (Å²) < 4.78 is 5.38. The van der Waals surface area contributed by atoms with Crippen molar-refractivity contribution in [1.29, 1.82) is 0 Å². The van der Waals surface area contributed by atoms with E-state index in [0.29, 0.717) is 12.5 Å². The van der Waals surface area contributed by atoms with Crippen LogP contribution >= 0.6 is 0 Å². The lowest BCUT2D eigenvalue weighted by Crippen LogP contribution is -2.48. The predicted molar refractivity (Wildman–Crippen MR) is 78.5 cm³/mol. The molecule has 0 spiro atoms. The summed E-state index contributed by atoms with van der Waals surface area (Å²) in [5, 5.41) is 2.93. The van der Waals surface area contributed by atoms with Crippen LogP contribution in [0.25, 0.3) is 0 Å². The van der Waals surface area contributed by atoms with E-state index in [2.05, 4.69) is 35.1 Å². The molecule has 0 radical (unpaired) electrons. The molecule has 5 nitrogen and oxygen atoms in total. The Kier molecular flexibility index (Phi) is 4.72. The van der Waals surface area contributed by atoms with E-state index < -0.39 is 0 Å². The molecule has 0 bridgehead atoms. The SMILES string of the molecule is O=C(NO[C@@H]1CCCCO1)NC1CC(c2ccccc2)C1. The van der Waals surface area contributed by atoms with Crippen molar-refractivity contribution in [2.75, 3.05) is 6.61 Å². The fourth-order valence-electron chi connectivity index (χ4n) is 2.87. The van der Waals surface area contributed by atoms with Crippen molar-refractivity contribution in [3.63, 3.8) is 0 Å². The highest BCUT2D eigenvalue weighted by Gasteiger charge is 2.31. The number of benzene rings is 1. The Morgan fingerprint density at radius 3 is 2.71 bits per heavy atom. The zero-order valence-electron chi connectivity index (χ0n) is 12.1. The maximum absolute atomic E-state index is 11.7. The van der Waals surface area contributed by atoms with Gasteiger partial charge in [-0.1, -0.05) is 30.3 Å². The Labute approximate surface area is 125 Å². The largest absolute Gasteiger partial charge is 0.350 e. The summed E-state index contributed by atoms with van der Waals surface area (Å²) in [5.74, 6) is 0.555. The lowest BCUT2D eigenvalue weighted by atomic mass is 9.76. The normalized spacial score (nSPS) is 28.5. The summed E-state index contributed by atoms with van der Waals surface area (Å²) in [7, 11) is 0. The van der Waals surface area contributed by atoms with Crippen LogP contribution in [0.5, 0.6) is 0 Å². The molecule has 2 fully saturated rings. The number of carbonyl (C=O) groups is 1. The lowest BCUT2D eigenvalue weighted by molar-refractivity contribution is -0.186. The Morgan fingerprint density at radius 2 is 2.00 bits per heavy atom. The van der Waals surface area contributed by atoms with Gasteiger partial charge in [-0.15, -0.1) is 0 Å². The van der Waals surface area contributed by atoms with Crippen LogP contribution in [-0.4, -0.2) is 25.0 Å². The quantitative estimate of drug-likeness (QED) is 0.838. The number of carbonyl (C=O) groups excluding carboxylic acids is 1. The van der Waals surface area contributed by atoms with Crippen molar-refractivity contribution < 1.29 is 14.4 Å². The average molecular weight is 290 g/mol. The summed E-state index contributed by atoms with van der Waals surface area (Å²) in [4.78, 5) is 17.0. The van der Waals surface area contributed by atoms with Gasteiger partial charge in [0.25, 0.3) is 0 Å². The molecule has 0 aromatic heterocycles. The smallest absolute Gasteiger partial charge is 0.339 e. The Balaban J connectivity index is 1.33. The summed E-state index contributed by atoms with van der Waals surface area (Å²) >= 11 is 0. The van der Waals surface area contributed by atoms with Crippen molar-refractivity contribution >= 4 is 6.03 Å². The van der Waals surface area contributed by atoms with Crippen LogP contribution in [0.2, 0.25) is 0 Å². The topological polar surface area (TPSA) is 59.6 Å². The van der Waals surface area contributed by atoms with Crippen LogP contribution in [0.4, 0.5) is 4.79 Å². The van der Waals surface area contributed by atoms with Gasteiger partial charge < -0.3 is 10.1 Å². The Hall–Kier alpha value is -1.59. The molecule has 1 aromatic carbocycles. The van der Waals surface area contributed by atoms with Gasteiger partial charge in [-0.25, -0.2) is 15.1 Å². The first-order valence-electron chi connectivity index (χ1n) is 7.70. The van der Waals surface area contributed by atoms with Gasteiger partial charge in [0.15, 0.2) is 6.29 Å². The molecular formula is C16H22N2O3. The van der Waals surface area contributed by atoms with Gasteiger partial charge in [0.1, 0.15) is 0 Å². The third kappa shape index (κ3) is 3.95. The van der Waals surface area contributed by atoms with Crippen molar-refractivity contribution in [2.24, 2.45) is 0 Å². The number of ether oxygens (including phenoxy) is 1. The van der Waals surface area contributed by atoms with E-state index in [1.54, 1.807) is 0 Å². The van der Waals surface area contributed by atoms with Gasteiger partial charge in [-0.2, -0.15) is 0 Å². The van der Waals surface area contributed by atoms with E-state index in [-0.39, 0.29) is 18.4 Å². The number of rotatable bonds is 4.